The normalized spacial score (nSPS) is 12.9. The maximum absolute atomic E-state index is 8.92. The number of aliphatic hydroxyl groups is 2. The standard InChI is InChI=1S/C6H14O2.HO3P/c1-5(8)6(2,3)4-7;1-4(2)3/h5,7-8H,4H2,1-3H3;(H-,1,2,3)/p+1. The van der Waals surface area contributed by atoms with Crippen LogP contribution in [-0.4, -0.2) is 32.7 Å². The van der Waals surface area contributed by atoms with Crippen molar-refractivity contribution in [3.8, 4) is 0 Å². The maximum Gasteiger partial charge on any atom is 0.692 e. The Morgan fingerprint density at radius 2 is 1.67 bits per heavy atom. The Bertz CT molecular complexity index is 130. The first-order valence-electron chi connectivity index (χ1n) is 3.38. The smallest absolute Gasteiger partial charge is 0.396 e. The van der Waals surface area contributed by atoms with Crippen LogP contribution in [0.1, 0.15) is 20.8 Å². The van der Waals surface area contributed by atoms with E-state index in [9.17, 15) is 0 Å². The Morgan fingerprint density at radius 1 is 1.42 bits per heavy atom. The quantitative estimate of drug-likeness (QED) is 0.470. The molecule has 0 aliphatic heterocycles. The first-order chi connectivity index (χ1) is 5.24. The molecule has 12 heavy (non-hydrogen) atoms. The van der Waals surface area contributed by atoms with E-state index < -0.39 is 14.4 Å². The molecule has 0 aliphatic rings. The van der Waals surface area contributed by atoms with Crippen LogP contribution in [0.4, 0.5) is 0 Å². The molecule has 0 amide bonds. The predicted octanol–water partition coefficient (Wildman–Crippen LogP) is 0.0141. The molecule has 0 aromatic carbocycles. The molecular weight excluding hydrogens is 183 g/mol. The van der Waals surface area contributed by atoms with Gasteiger partial charge in [0.25, 0.3) is 0 Å². The lowest BCUT2D eigenvalue weighted by molar-refractivity contribution is 0.0202. The SMILES string of the molecule is CC(O)C(C)(C)CO.O=[P+](O)O. The van der Waals surface area contributed by atoms with Gasteiger partial charge in [-0.1, -0.05) is 13.8 Å². The third-order valence-electron chi connectivity index (χ3n) is 1.54. The minimum absolute atomic E-state index is 0.0324. The van der Waals surface area contributed by atoms with Gasteiger partial charge < -0.3 is 10.2 Å². The van der Waals surface area contributed by atoms with Crippen molar-refractivity contribution in [2.45, 2.75) is 26.9 Å². The van der Waals surface area contributed by atoms with Crippen LogP contribution in [-0.2, 0) is 4.57 Å². The maximum atomic E-state index is 8.92. The van der Waals surface area contributed by atoms with Crippen LogP contribution < -0.4 is 0 Å². The minimum Gasteiger partial charge on any atom is -0.396 e. The summed E-state index contributed by atoms with van der Waals surface area (Å²) in [6.45, 7) is 5.34. The zero-order valence-electron chi connectivity index (χ0n) is 7.43. The van der Waals surface area contributed by atoms with Crippen molar-refractivity contribution in [1.82, 2.24) is 0 Å². The van der Waals surface area contributed by atoms with E-state index in [1.54, 1.807) is 6.92 Å². The Labute approximate surface area is 72.6 Å². The lowest BCUT2D eigenvalue weighted by atomic mass is 9.89. The second-order valence-corrected chi connectivity index (χ2v) is 3.58. The molecule has 0 rings (SSSR count). The van der Waals surface area contributed by atoms with Gasteiger partial charge in [-0.05, 0) is 6.92 Å². The van der Waals surface area contributed by atoms with Crippen LogP contribution in [0.25, 0.3) is 0 Å². The summed E-state index contributed by atoms with van der Waals surface area (Å²) in [4.78, 5) is 14.2. The molecule has 74 valence electrons. The fourth-order valence-electron chi connectivity index (χ4n) is 0.132. The van der Waals surface area contributed by atoms with Crippen molar-refractivity contribution in [2.75, 3.05) is 6.61 Å². The molecule has 0 bridgehead atoms. The van der Waals surface area contributed by atoms with E-state index in [1.165, 1.54) is 0 Å². The van der Waals surface area contributed by atoms with Gasteiger partial charge in [0.05, 0.1) is 12.7 Å². The lowest BCUT2D eigenvalue weighted by Gasteiger charge is -2.24. The summed E-state index contributed by atoms with van der Waals surface area (Å²) in [6, 6.07) is 0. The molecule has 0 aromatic rings. The molecule has 4 N–H and O–H groups in total. The summed E-state index contributed by atoms with van der Waals surface area (Å²) in [5.41, 5.74) is -0.347. The molecule has 1 unspecified atom stereocenters. The number of hydrogen-bond donors (Lipinski definition) is 4. The number of hydrogen-bond acceptors (Lipinski definition) is 3. The zero-order chi connectivity index (χ0) is 10.4. The number of aliphatic hydroxyl groups excluding tert-OH is 2. The Morgan fingerprint density at radius 3 is 1.67 bits per heavy atom. The van der Waals surface area contributed by atoms with E-state index in [2.05, 4.69) is 0 Å². The average Bonchev–Trinajstić information content (AvgIpc) is 1.86. The molecule has 1 atom stereocenters. The topological polar surface area (TPSA) is 98.0 Å². The van der Waals surface area contributed by atoms with E-state index in [1.807, 2.05) is 13.8 Å². The van der Waals surface area contributed by atoms with E-state index >= 15 is 0 Å². The first-order valence-corrected chi connectivity index (χ1v) is 4.54. The fraction of sp³-hybridized carbons (Fsp3) is 1.00. The zero-order valence-corrected chi connectivity index (χ0v) is 8.32. The van der Waals surface area contributed by atoms with Crippen molar-refractivity contribution >= 4 is 8.25 Å². The van der Waals surface area contributed by atoms with Gasteiger partial charge in [-0.3, -0.25) is 0 Å². The van der Waals surface area contributed by atoms with Gasteiger partial charge in [-0.2, -0.15) is 0 Å². The van der Waals surface area contributed by atoms with Crippen LogP contribution in [0.5, 0.6) is 0 Å². The van der Waals surface area contributed by atoms with E-state index in [0.717, 1.165) is 0 Å². The summed E-state index contributed by atoms with van der Waals surface area (Å²) in [5.74, 6) is 0. The van der Waals surface area contributed by atoms with Gasteiger partial charge >= 0.3 is 8.25 Å². The molecule has 0 heterocycles. The molecule has 0 saturated carbocycles. The minimum atomic E-state index is -2.87. The van der Waals surface area contributed by atoms with Crippen molar-refractivity contribution in [3.05, 3.63) is 0 Å². The van der Waals surface area contributed by atoms with Crippen molar-refractivity contribution < 1.29 is 24.6 Å². The van der Waals surface area contributed by atoms with Gasteiger partial charge in [0.1, 0.15) is 0 Å². The van der Waals surface area contributed by atoms with E-state index in [-0.39, 0.29) is 12.0 Å². The number of rotatable bonds is 2. The highest BCUT2D eigenvalue weighted by atomic mass is 31.1. The highest BCUT2D eigenvalue weighted by Gasteiger charge is 2.22. The summed E-state index contributed by atoms with van der Waals surface area (Å²) in [7, 11) is -2.87. The molecule has 0 fully saturated rings. The summed E-state index contributed by atoms with van der Waals surface area (Å²) < 4.78 is 8.70. The largest absolute Gasteiger partial charge is 0.692 e. The Balaban J connectivity index is 0. The van der Waals surface area contributed by atoms with Gasteiger partial charge in [0.2, 0.25) is 0 Å². The third kappa shape index (κ3) is 9.94. The summed E-state index contributed by atoms with van der Waals surface area (Å²) in [5, 5.41) is 17.5. The summed E-state index contributed by atoms with van der Waals surface area (Å²) in [6.07, 6.45) is -0.438. The first kappa shape index (κ1) is 14.5. The third-order valence-corrected chi connectivity index (χ3v) is 1.54. The molecule has 0 spiro atoms. The van der Waals surface area contributed by atoms with Gasteiger partial charge in [0.15, 0.2) is 0 Å². The molecule has 6 heteroatoms. The van der Waals surface area contributed by atoms with Crippen LogP contribution in [0.2, 0.25) is 0 Å². The van der Waals surface area contributed by atoms with Crippen molar-refractivity contribution in [3.63, 3.8) is 0 Å². The van der Waals surface area contributed by atoms with Crippen molar-refractivity contribution in [1.29, 1.82) is 0 Å². The highest BCUT2D eigenvalue weighted by Crippen LogP contribution is 2.17. The van der Waals surface area contributed by atoms with Crippen LogP contribution >= 0.6 is 8.25 Å². The molecule has 5 nitrogen and oxygen atoms in total. The predicted molar refractivity (Wildman–Crippen MR) is 44.6 cm³/mol. The van der Waals surface area contributed by atoms with Gasteiger partial charge in [0, 0.05) is 9.98 Å². The average molecular weight is 199 g/mol. The monoisotopic (exact) mass is 199 g/mol. The fourth-order valence-corrected chi connectivity index (χ4v) is 0.132. The second kappa shape index (κ2) is 6.46. The van der Waals surface area contributed by atoms with Gasteiger partial charge in [-0.25, -0.2) is 0 Å². The highest BCUT2D eigenvalue weighted by molar-refractivity contribution is 7.30. The van der Waals surface area contributed by atoms with Crippen LogP contribution in [0.15, 0.2) is 0 Å². The molecule has 0 radical (unpaired) electrons. The molecule has 0 aliphatic carbocycles. The Hall–Kier alpha value is -0.0600. The van der Waals surface area contributed by atoms with E-state index in [4.69, 9.17) is 24.6 Å². The van der Waals surface area contributed by atoms with Gasteiger partial charge in [-0.15, -0.1) is 9.79 Å². The van der Waals surface area contributed by atoms with E-state index in [0.29, 0.717) is 0 Å². The van der Waals surface area contributed by atoms with Crippen LogP contribution in [0, 0.1) is 5.41 Å². The summed E-state index contributed by atoms with van der Waals surface area (Å²) >= 11 is 0. The second-order valence-electron chi connectivity index (χ2n) is 3.08. The molecule has 0 aromatic heterocycles. The molecule has 0 saturated heterocycles. The van der Waals surface area contributed by atoms with Crippen molar-refractivity contribution in [2.24, 2.45) is 5.41 Å². The van der Waals surface area contributed by atoms with Crippen LogP contribution in [0.3, 0.4) is 0 Å². The molecular formula is C6H16O5P+. The lowest BCUT2D eigenvalue weighted by Crippen LogP contribution is -2.29. The Kier molecular flexibility index (Phi) is 7.78.